The molecular formula is C13H18ClFN2O3. The molecule has 1 saturated carbocycles. The predicted octanol–water partition coefficient (Wildman–Crippen LogP) is 3.05. The molecule has 0 unspecified atom stereocenters. The van der Waals surface area contributed by atoms with Crippen molar-refractivity contribution in [2.24, 2.45) is 11.7 Å². The van der Waals surface area contributed by atoms with Gasteiger partial charge in [-0.15, -0.1) is 12.4 Å². The first-order valence-electron chi connectivity index (χ1n) is 6.41. The number of benzene rings is 1. The molecule has 1 aromatic rings. The summed E-state index contributed by atoms with van der Waals surface area (Å²) >= 11 is 0. The summed E-state index contributed by atoms with van der Waals surface area (Å²) in [5.74, 6) is -0.0141. The Labute approximate surface area is 122 Å². The van der Waals surface area contributed by atoms with Gasteiger partial charge in [-0.1, -0.05) is 0 Å². The van der Waals surface area contributed by atoms with E-state index in [4.69, 9.17) is 10.5 Å². The highest BCUT2D eigenvalue weighted by Crippen LogP contribution is 2.32. The summed E-state index contributed by atoms with van der Waals surface area (Å²) < 4.78 is 18.8. The smallest absolute Gasteiger partial charge is 0.311 e. The maximum absolute atomic E-state index is 13.2. The second-order valence-corrected chi connectivity index (χ2v) is 4.87. The molecule has 0 saturated heterocycles. The third-order valence-electron chi connectivity index (χ3n) is 3.54. The van der Waals surface area contributed by atoms with Crippen LogP contribution in [0.15, 0.2) is 18.2 Å². The molecule has 20 heavy (non-hydrogen) atoms. The van der Waals surface area contributed by atoms with Gasteiger partial charge in [-0.2, -0.15) is 0 Å². The van der Waals surface area contributed by atoms with Crippen molar-refractivity contribution in [1.29, 1.82) is 0 Å². The molecule has 7 heteroatoms. The molecule has 5 nitrogen and oxygen atoms in total. The zero-order chi connectivity index (χ0) is 13.8. The Hall–Kier alpha value is -1.40. The molecule has 0 spiro atoms. The minimum atomic E-state index is -0.555. The number of hydrogen-bond acceptors (Lipinski definition) is 4. The fraction of sp³-hybridized carbons (Fsp3) is 0.538. The van der Waals surface area contributed by atoms with Crippen molar-refractivity contribution in [3.05, 3.63) is 34.1 Å². The molecule has 1 aromatic carbocycles. The Bertz CT molecular complexity index is 465. The second-order valence-electron chi connectivity index (χ2n) is 4.87. The van der Waals surface area contributed by atoms with E-state index >= 15 is 0 Å². The normalized spacial score (nSPS) is 21.9. The summed E-state index contributed by atoms with van der Waals surface area (Å²) in [5.41, 5.74) is 5.41. The van der Waals surface area contributed by atoms with Crippen molar-refractivity contribution in [1.82, 2.24) is 0 Å². The van der Waals surface area contributed by atoms with Crippen LogP contribution in [0.2, 0.25) is 0 Å². The Balaban J connectivity index is 0.00000200. The molecule has 0 amide bonds. The van der Waals surface area contributed by atoms with Crippen LogP contribution in [0.3, 0.4) is 0 Å². The van der Waals surface area contributed by atoms with Gasteiger partial charge < -0.3 is 10.5 Å². The van der Waals surface area contributed by atoms with Gasteiger partial charge in [-0.3, -0.25) is 10.1 Å². The first kappa shape index (κ1) is 16.7. The third-order valence-corrected chi connectivity index (χ3v) is 3.54. The van der Waals surface area contributed by atoms with E-state index in [1.54, 1.807) is 0 Å². The van der Waals surface area contributed by atoms with E-state index in [0.717, 1.165) is 43.9 Å². The SMILES string of the molecule is Cl.NC[C@H]1CC[C@@H](Oc2cc(F)ccc2[N+](=O)[O-])CC1. The molecule has 0 radical (unpaired) electrons. The molecular weight excluding hydrogens is 287 g/mol. The van der Waals surface area contributed by atoms with Gasteiger partial charge in [-0.05, 0) is 44.2 Å². The predicted molar refractivity (Wildman–Crippen MR) is 75.7 cm³/mol. The molecule has 2 N–H and O–H groups in total. The van der Waals surface area contributed by atoms with Gasteiger partial charge in [0.1, 0.15) is 5.82 Å². The highest BCUT2D eigenvalue weighted by Gasteiger charge is 2.24. The van der Waals surface area contributed by atoms with Gasteiger partial charge in [-0.25, -0.2) is 4.39 Å². The molecule has 0 bridgehead atoms. The fourth-order valence-electron chi connectivity index (χ4n) is 2.40. The van der Waals surface area contributed by atoms with Crippen molar-refractivity contribution in [3.63, 3.8) is 0 Å². The van der Waals surface area contributed by atoms with E-state index in [1.165, 1.54) is 0 Å². The molecule has 0 heterocycles. The van der Waals surface area contributed by atoms with Crippen molar-refractivity contribution in [2.45, 2.75) is 31.8 Å². The van der Waals surface area contributed by atoms with Gasteiger partial charge in [0.2, 0.25) is 0 Å². The summed E-state index contributed by atoms with van der Waals surface area (Å²) in [6, 6.07) is 3.28. The van der Waals surface area contributed by atoms with Crippen LogP contribution < -0.4 is 10.5 Å². The van der Waals surface area contributed by atoms with Crippen LogP contribution in [0, 0.1) is 21.8 Å². The molecule has 1 aliphatic rings. The molecule has 0 aliphatic heterocycles. The number of rotatable bonds is 4. The number of halogens is 2. The van der Waals surface area contributed by atoms with Crippen LogP contribution >= 0.6 is 12.4 Å². The van der Waals surface area contributed by atoms with Crippen molar-refractivity contribution in [2.75, 3.05) is 6.54 Å². The van der Waals surface area contributed by atoms with Crippen LogP contribution in [-0.4, -0.2) is 17.6 Å². The minimum Gasteiger partial charge on any atom is -0.483 e. The number of nitrogens with zero attached hydrogens (tertiary/aromatic N) is 1. The number of nitro groups is 1. The Morgan fingerprint density at radius 1 is 1.35 bits per heavy atom. The van der Waals surface area contributed by atoms with Gasteiger partial charge in [0.25, 0.3) is 0 Å². The molecule has 1 aliphatic carbocycles. The lowest BCUT2D eigenvalue weighted by molar-refractivity contribution is -0.386. The van der Waals surface area contributed by atoms with E-state index in [1.807, 2.05) is 0 Å². The summed E-state index contributed by atoms with van der Waals surface area (Å²) in [7, 11) is 0. The quantitative estimate of drug-likeness (QED) is 0.685. The van der Waals surface area contributed by atoms with Gasteiger partial charge >= 0.3 is 5.69 Å². The largest absolute Gasteiger partial charge is 0.483 e. The standard InChI is InChI=1S/C13H17FN2O3.ClH/c14-10-3-6-12(16(17)18)13(7-10)19-11-4-1-9(8-15)2-5-11;/h3,6-7,9,11H,1-2,4-5,8,15H2;1H/t9-,11+;. The summed E-state index contributed by atoms with van der Waals surface area (Å²) in [5, 5.41) is 10.9. The second kappa shape index (κ2) is 7.40. The monoisotopic (exact) mass is 304 g/mol. The lowest BCUT2D eigenvalue weighted by Gasteiger charge is -2.27. The number of nitro benzene ring substituents is 1. The Morgan fingerprint density at radius 2 is 2.00 bits per heavy atom. The molecule has 2 rings (SSSR count). The maximum Gasteiger partial charge on any atom is 0.311 e. The number of hydrogen-bond donors (Lipinski definition) is 1. The Kier molecular flexibility index (Phi) is 6.16. The molecule has 0 atom stereocenters. The molecule has 1 fully saturated rings. The maximum atomic E-state index is 13.2. The molecule has 0 aromatic heterocycles. The lowest BCUT2D eigenvalue weighted by Crippen LogP contribution is -2.27. The molecule has 112 valence electrons. The van der Waals surface area contributed by atoms with E-state index < -0.39 is 10.7 Å². The number of ether oxygens (including phenoxy) is 1. The van der Waals surface area contributed by atoms with Crippen LogP contribution in [0.25, 0.3) is 0 Å². The van der Waals surface area contributed by atoms with Crippen LogP contribution in [0.4, 0.5) is 10.1 Å². The summed E-state index contributed by atoms with van der Waals surface area (Å²) in [6.07, 6.45) is 3.41. The third kappa shape index (κ3) is 4.05. The van der Waals surface area contributed by atoms with Gasteiger partial charge in [0, 0.05) is 12.1 Å². The van der Waals surface area contributed by atoms with Gasteiger partial charge in [0.15, 0.2) is 5.75 Å². The first-order chi connectivity index (χ1) is 9.10. The van der Waals surface area contributed by atoms with E-state index in [0.29, 0.717) is 12.5 Å². The topological polar surface area (TPSA) is 78.4 Å². The number of nitrogens with two attached hydrogens (primary N) is 1. The minimum absolute atomic E-state index is 0. The van der Waals surface area contributed by atoms with Gasteiger partial charge in [0.05, 0.1) is 11.0 Å². The Morgan fingerprint density at radius 3 is 2.55 bits per heavy atom. The van der Waals surface area contributed by atoms with Crippen molar-refractivity contribution >= 4 is 18.1 Å². The van der Waals surface area contributed by atoms with E-state index in [2.05, 4.69) is 0 Å². The van der Waals surface area contributed by atoms with E-state index in [9.17, 15) is 14.5 Å². The van der Waals surface area contributed by atoms with Crippen LogP contribution in [0.5, 0.6) is 5.75 Å². The van der Waals surface area contributed by atoms with Crippen LogP contribution in [0.1, 0.15) is 25.7 Å². The fourth-order valence-corrected chi connectivity index (χ4v) is 2.40. The summed E-state index contributed by atoms with van der Waals surface area (Å²) in [6.45, 7) is 0.660. The van der Waals surface area contributed by atoms with Crippen LogP contribution in [-0.2, 0) is 0 Å². The highest BCUT2D eigenvalue weighted by atomic mass is 35.5. The van der Waals surface area contributed by atoms with Crippen molar-refractivity contribution < 1.29 is 14.1 Å². The zero-order valence-corrected chi connectivity index (χ0v) is 11.8. The van der Waals surface area contributed by atoms with Crippen molar-refractivity contribution in [3.8, 4) is 5.75 Å². The average molecular weight is 305 g/mol. The first-order valence-corrected chi connectivity index (χ1v) is 6.41. The average Bonchev–Trinajstić information content (AvgIpc) is 2.39. The summed E-state index contributed by atoms with van der Waals surface area (Å²) in [4.78, 5) is 10.3. The van der Waals surface area contributed by atoms with E-state index in [-0.39, 0.29) is 29.9 Å². The highest BCUT2D eigenvalue weighted by molar-refractivity contribution is 5.85. The lowest BCUT2D eigenvalue weighted by atomic mass is 9.87. The zero-order valence-electron chi connectivity index (χ0n) is 11.0.